The van der Waals surface area contributed by atoms with Crippen LogP contribution in [0.4, 0.5) is 0 Å². The van der Waals surface area contributed by atoms with Crippen LogP contribution in [0.1, 0.15) is 24.5 Å². The molecule has 6 heteroatoms. The third-order valence-corrected chi connectivity index (χ3v) is 4.91. The Hall–Kier alpha value is -2.01. The quantitative estimate of drug-likeness (QED) is 0.729. The van der Waals surface area contributed by atoms with Crippen molar-refractivity contribution in [3.8, 4) is 5.75 Å². The number of nitrogens with zero attached hydrogens (tertiary/aromatic N) is 2. The van der Waals surface area contributed by atoms with Crippen LogP contribution in [0.25, 0.3) is 0 Å². The molecule has 0 bridgehead atoms. The Kier molecular flexibility index (Phi) is 6.88. The third-order valence-electron chi connectivity index (χ3n) is 4.56. The Balaban J connectivity index is 1.94. The fourth-order valence-electron chi connectivity index (χ4n) is 3.01. The summed E-state index contributed by atoms with van der Waals surface area (Å²) in [5, 5.41) is 0.692. The van der Waals surface area contributed by atoms with Gasteiger partial charge >= 0.3 is 0 Å². The predicted molar refractivity (Wildman–Crippen MR) is 99.1 cm³/mol. The van der Waals surface area contributed by atoms with Crippen molar-refractivity contribution in [1.29, 1.82) is 0 Å². The molecule has 1 aromatic carbocycles. The van der Waals surface area contributed by atoms with Crippen molar-refractivity contribution in [2.45, 2.75) is 26.2 Å². The molecule has 1 aromatic rings. The second-order valence-electron chi connectivity index (χ2n) is 6.02. The molecule has 136 valence electrons. The summed E-state index contributed by atoms with van der Waals surface area (Å²) in [5.74, 6) is 0.738. The lowest BCUT2D eigenvalue weighted by atomic mass is 10.0. The summed E-state index contributed by atoms with van der Waals surface area (Å²) in [6.07, 6.45) is 3.17. The molecule has 0 unspecified atom stereocenters. The molecule has 25 heavy (non-hydrogen) atoms. The first kappa shape index (κ1) is 19.3. The zero-order valence-corrected chi connectivity index (χ0v) is 15.6. The van der Waals surface area contributed by atoms with Crippen LogP contribution in [0.3, 0.4) is 0 Å². The minimum Gasteiger partial charge on any atom is -0.496 e. The number of amides is 2. The number of carbonyl (C=O) groups excluding carboxylic acids is 2. The molecular weight excluding hydrogens is 340 g/mol. The smallest absolute Gasteiger partial charge is 0.246 e. The molecule has 2 amide bonds. The zero-order chi connectivity index (χ0) is 18.4. The monoisotopic (exact) mass is 364 g/mol. The van der Waals surface area contributed by atoms with E-state index in [-0.39, 0.29) is 11.8 Å². The van der Waals surface area contributed by atoms with Gasteiger partial charge in [-0.15, -0.1) is 0 Å². The lowest BCUT2D eigenvalue weighted by Crippen LogP contribution is -2.50. The molecule has 0 spiro atoms. The molecular formula is C19H25ClN2O3. The molecule has 0 N–H and O–H groups in total. The number of hydrogen-bond acceptors (Lipinski definition) is 3. The number of aryl methyl sites for hydroxylation is 2. The lowest BCUT2D eigenvalue weighted by molar-refractivity contribution is -0.137. The Morgan fingerprint density at radius 2 is 1.84 bits per heavy atom. The molecule has 0 radical (unpaired) electrons. The standard InChI is InChI=1S/C19H25ClN2O3/c1-4-14-12-15(17(25-3)13-16(14)20)6-7-19(24)22-10-8-21(9-11-22)18(23)5-2/h5,12-13H,2,4,6-11H2,1,3H3. The van der Waals surface area contributed by atoms with Crippen molar-refractivity contribution in [2.75, 3.05) is 33.3 Å². The molecule has 0 aromatic heterocycles. The summed E-state index contributed by atoms with van der Waals surface area (Å²) in [5.41, 5.74) is 2.05. The molecule has 0 aliphatic carbocycles. The highest BCUT2D eigenvalue weighted by Gasteiger charge is 2.23. The number of piperazine rings is 1. The maximum absolute atomic E-state index is 12.5. The largest absolute Gasteiger partial charge is 0.496 e. The third kappa shape index (κ3) is 4.75. The number of rotatable bonds is 6. The van der Waals surface area contributed by atoms with E-state index in [9.17, 15) is 9.59 Å². The summed E-state index contributed by atoms with van der Waals surface area (Å²) < 4.78 is 5.39. The van der Waals surface area contributed by atoms with Crippen LogP contribution in [-0.4, -0.2) is 54.9 Å². The van der Waals surface area contributed by atoms with Crippen molar-refractivity contribution < 1.29 is 14.3 Å². The number of methoxy groups -OCH3 is 1. The second kappa shape index (κ2) is 8.90. The van der Waals surface area contributed by atoms with E-state index < -0.39 is 0 Å². The van der Waals surface area contributed by atoms with Gasteiger partial charge in [0.15, 0.2) is 0 Å². The Morgan fingerprint density at radius 1 is 1.20 bits per heavy atom. The van der Waals surface area contributed by atoms with Crippen LogP contribution < -0.4 is 4.74 Å². The SMILES string of the molecule is C=CC(=O)N1CCN(C(=O)CCc2cc(CC)c(Cl)cc2OC)CC1. The van der Waals surface area contributed by atoms with Crippen molar-refractivity contribution >= 4 is 23.4 Å². The predicted octanol–water partition coefficient (Wildman–Crippen LogP) is 2.70. The highest BCUT2D eigenvalue weighted by atomic mass is 35.5. The first-order chi connectivity index (χ1) is 12.0. The van der Waals surface area contributed by atoms with E-state index in [0.29, 0.717) is 44.0 Å². The molecule has 1 aliphatic heterocycles. The fourth-order valence-corrected chi connectivity index (χ4v) is 3.30. The van der Waals surface area contributed by atoms with Crippen LogP contribution >= 0.6 is 11.6 Å². The normalized spacial score (nSPS) is 14.4. The average molecular weight is 365 g/mol. The maximum Gasteiger partial charge on any atom is 0.246 e. The van der Waals surface area contributed by atoms with Gasteiger partial charge in [0.25, 0.3) is 0 Å². The highest BCUT2D eigenvalue weighted by molar-refractivity contribution is 6.31. The van der Waals surface area contributed by atoms with Crippen LogP contribution in [0.2, 0.25) is 5.02 Å². The first-order valence-electron chi connectivity index (χ1n) is 8.54. The molecule has 5 nitrogen and oxygen atoms in total. The van der Waals surface area contributed by atoms with E-state index in [1.165, 1.54) is 6.08 Å². The van der Waals surface area contributed by atoms with E-state index in [1.807, 2.05) is 24.0 Å². The van der Waals surface area contributed by atoms with E-state index in [0.717, 1.165) is 23.3 Å². The van der Waals surface area contributed by atoms with Crippen LogP contribution in [-0.2, 0) is 22.4 Å². The van der Waals surface area contributed by atoms with Gasteiger partial charge in [-0.2, -0.15) is 0 Å². The van der Waals surface area contributed by atoms with E-state index in [2.05, 4.69) is 6.58 Å². The van der Waals surface area contributed by atoms with Crippen LogP contribution in [0.5, 0.6) is 5.75 Å². The minimum atomic E-state index is -0.0786. The Bertz CT molecular complexity index is 652. The maximum atomic E-state index is 12.5. The summed E-state index contributed by atoms with van der Waals surface area (Å²) in [6, 6.07) is 3.84. The summed E-state index contributed by atoms with van der Waals surface area (Å²) in [7, 11) is 1.61. The van der Waals surface area contributed by atoms with Gasteiger partial charge in [0, 0.05) is 37.6 Å². The van der Waals surface area contributed by atoms with Gasteiger partial charge in [-0.3, -0.25) is 9.59 Å². The van der Waals surface area contributed by atoms with Gasteiger partial charge < -0.3 is 14.5 Å². The Morgan fingerprint density at radius 3 is 2.40 bits per heavy atom. The molecule has 2 rings (SSSR count). The van der Waals surface area contributed by atoms with Crippen molar-refractivity contribution in [3.63, 3.8) is 0 Å². The molecule has 1 aliphatic rings. The molecule has 1 saturated heterocycles. The number of hydrogen-bond donors (Lipinski definition) is 0. The second-order valence-corrected chi connectivity index (χ2v) is 6.43. The van der Waals surface area contributed by atoms with Gasteiger partial charge in [-0.05, 0) is 36.1 Å². The fraction of sp³-hybridized carbons (Fsp3) is 0.474. The average Bonchev–Trinajstić information content (AvgIpc) is 2.65. The zero-order valence-electron chi connectivity index (χ0n) is 14.9. The van der Waals surface area contributed by atoms with Gasteiger partial charge in [-0.25, -0.2) is 0 Å². The van der Waals surface area contributed by atoms with Crippen molar-refractivity contribution in [2.24, 2.45) is 0 Å². The van der Waals surface area contributed by atoms with Gasteiger partial charge in [0.05, 0.1) is 7.11 Å². The van der Waals surface area contributed by atoms with Gasteiger partial charge in [0.1, 0.15) is 5.75 Å². The summed E-state index contributed by atoms with van der Waals surface area (Å²) >= 11 is 6.22. The molecule has 0 saturated carbocycles. The van der Waals surface area contributed by atoms with Gasteiger partial charge in [0.2, 0.25) is 11.8 Å². The highest BCUT2D eigenvalue weighted by Crippen LogP contribution is 2.28. The van der Waals surface area contributed by atoms with E-state index in [4.69, 9.17) is 16.3 Å². The van der Waals surface area contributed by atoms with Crippen molar-refractivity contribution in [3.05, 3.63) is 40.9 Å². The van der Waals surface area contributed by atoms with Crippen molar-refractivity contribution in [1.82, 2.24) is 9.80 Å². The minimum absolute atomic E-state index is 0.0786. The number of ether oxygens (including phenoxy) is 1. The van der Waals surface area contributed by atoms with Crippen LogP contribution in [0, 0.1) is 0 Å². The van der Waals surface area contributed by atoms with E-state index >= 15 is 0 Å². The van der Waals surface area contributed by atoms with E-state index in [1.54, 1.807) is 12.0 Å². The summed E-state index contributed by atoms with van der Waals surface area (Å²) in [6.45, 7) is 7.79. The number of benzene rings is 1. The lowest BCUT2D eigenvalue weighted by Gasteiger charge is -2.34. The molecule has 0 atom stereocenters. The molecule has 1 heterocycles. The molecule has 1 fully saturated rings. The number of carbonyl (C=O) groups is 2. The Labute approximate surface area is 154 Å². The number of halogens is 1. The van der Waals surface area contributed by atoms with Gasteiger partial charge in [-0.1, -0.05) is 31.2 Å². The first-order valence-corrected chi connectivity index (χ1v) is 8.92. The summed E-state index contributed by atoms with van der Waals surface area (Å²) in [4.78, 5) is 27.6. The topological polar surface area (TPSA) is 49.9 Å². The van der Waals surface area contributed by atoms with Crippen LogP contribution in [0.15, 0.2) is 24.8 Å².